The zero-order valence-corrected chi connectivity index (χ0v) is 12.1. The SMILES string of the molecule is CNCC1CCN(c2nccc3cc(OC)ccc23)C1. The van der Waals surface area contributed by atoms with E-state index in [4.69, 9.17) is 4.74 Å². The first-order chi connectivity index (χ1) is 9.81. The molecule has 4 heteroatoms. The minimum Gasteiger partial charge on any atom is -0.497 e. The van der Waals surface area contributed by atoms with Crippen molar-refractivity contribution in [3.63, 3.8) is 0 Å². The highest BCUT2D eigenvalue weighted by atomic mass is 16.5. The number of fused-ring (bicyclic) bond motifs is 1. The summed E-state index contributed by atoms with van der Waals surface area (Å²) in [5, 5.41) is 5.66. The minimum absolute atomic E-state index is 0.718. The fourth-order valence-corrected chi connectivity index (χ4v) is 3.00. The standard InChI is InChI=1S/C16H21N3O/c1-17-10-12-6-8-19(11-12)16-15-4-3-14(20-2)9-13(15)5-7-18-16/h3-5,7,9,12,17H,6,8,10-11H2,1-2H3. The van der Waals surface area contributed by atoms with Crippen molar-refractivity contribution in [1.29, 1.82) is 0 Å². The summed E-state index contributed by atoms with van der Waals surface area (Å²) in [7, 11) is 3.72. The van der Waals surface area contributed by atoms with Gasteiger partial charge in [-0.1, -0.05) is 0 Å². The Morgan fingerprint density at radius 2 is 2.30 bits per heavy atom. The second-order valence-corrected chi connectivity index (χ2v) is 5.38. The highest BCUT2D eigenvalue weighted by Crippen LogP contribution is 2.30. The molecule has 0 amide bonds. The molecule has 4 nitrogen and oxygen atoms in total. The van der Waals surface area contributed by atoms with E-state index in [0.29, 0.717) is 0 Å². The van der Waals surface area contributed by atoms with Crippen molar-refractivity contribution in [1.82, 2.24) is 10.3 Å². The molecule has 0 aliphatic carbocycles. The molecule has 1 aliphatic heterocycles. The van der Waals surface area contributed by atoms with E-state index in [9.17, 15) is 0 Å². The van der Waals surface area contributed by atoms with E-state index in [1.165, 1.54) is 17.2 Å². The van der Waals surface area contributed by atoms with Crippen LogP contribution in [-0.4, -0.2) is 38.8 Å². The van der Waals surface area contributed by atoms with Gasteiger partial charge in [-0.05, 0) is 55.6 Å². The Labute approximate surface area is 119 Å². The van der Waals surface area contributed by atoms with Gasteiger partial charge >= 0.3 is 0 Å². The summed E-state index contributed by atoms with van der Waals surface area (Å²) in [6, 6.07) is 8.24. The lowest BCUT2D eigenvalue weighted by atomic mass is 10.1. The quantitative estimate of drug-likeness (QED) is 0.926. The molecule has 1 fully saturated rings. The first-order valence-corrected chi connectivity index (χ1v) is 7.14. The molecule has 0 bridgehead atoms. The Morgan fingerprint density at radius 3 is 3.10 bits per heavy atom. The summed E-state index contributed by atoms with van der Waals surface area (Å²) in [4.78, 5) is 7.00. The number of benzene rings is 1. The molecule has 1 saturated heterocycles. The lowest BCUT2D eigenvalue weighted by Gasteiger charge is -2.19. The third-order valence-electron chi connectivity index (χ3n) is 4.03. The average molecular weight is 271 g/mol. The fourth-order valence-electron chi connectivity index (χ4n) is 3.00. The van der Waals surface area contributed by atoms with Gasteiger partial charge in [0.25, 0.3) is 0 Å². The molecule has 1 aromatic heterocycles. The molecule has 20 heavy (non-hydrogen) atoms. The van der Waals surface area contributed by atoms with Gasteiger partial charge in [0.1, 0.15) is 11.6 Å². The molecule has 1 aromatic carbocycles. The number of nitrogens with zero attached hydrogens (tertiary/aromatic N) is 2. The van der Waals surface area contributed by atoms with Crippen molar-refractivity contribution in [2.75, 3.05) is 38.7 Å². The maximum atomic E-state index is 5.29. The first kappa shape index (κ1) is 13.2. The second-order valence-electron chi connectivity index (χ2n) is 5.38. The van der Waals surface area contributed by atoms with Crippen LogP contribution in [0, 0.1) is 5.92 Å². The Hall–Kier alpha value is -1.81. The van der Waals surface area contributed by atoms with E-state index >= 15 is 0 Å². The largest absolute Gasteiger partial charge is 0.497 e. The predicted molar refractivity (Wildman–Crippen MR) is 82.5 cm³/mol. The Kier molecular flexibility index (Phi) is 3.74. The predicted octanol–water partition coefficient (Wildman–Crippen LogP) is 2.29. The Bertz CT molecular complexity index is 599. The normalized spacial score (nSPS) is 18.7. The van der Waals surface area contributed by atoms with Crippen LogP contribution >= 0.6 is 0 Å². The maximum absolute atomic E-state index is 5.29. The summed E-state index contributed by atoms with van der Waals surface area (Å²) in [5.74, 6) is 2.71. The van der Waals surface area contributed by atoms with Gasteiger partial charge in [0.2, 0.25) is 0 Å². The smallest absolute Gasteiger partial charge is 0.136 e. The molecular weight excluding hydrogens is 250 g/mol. The van der Waals surface area contributed by atoms with Crippen molar-refractivity contribution in [2.45, 2.75) is 6.42 Å². The molecule has 1 aliphatic rings. The number of anilines is 1. The lowest BCUT2D eigenvalue weighted by Crippen LogP contribution is -2.25. The van der Waals surface area contributed by atoms with Crippen LogP contribution in [0.3, 0.4) is 0 Å². The van der Waals surface area contributed by atoms with Gasteiger partial charge in [0.05, 0.1) is 7.11 Å². The van der Waals surface area contributed by atoms with Gasteiger partial charge in [-0.25, -0.2) is 4.98 Å². The third-order valence-corrected chi connectivity index (χ3v) is 4.03. The number of methoxy groups -OCH3 is 1. The third kappa shape index (κ3) is 2.43. The number of hydrogen-bond donors (Lipinski definition) is 1. The second kappa shape index (κ2) is 5.67. The van der Waals surface area contributed by atoms with Crippen LogP contribution in [0.4, 0.5) is 5.82 Å². The van der Waals surface area contributed by atoms with Crippen molar-refractivity contribution in [2.24, 2.45) is 5.92 Å². The van der Waals surface area contributed by atoms with Crippen LogP contribution < -0.4 is 15.0 Å². The van der Waals surface area contributed by atoms with Crippen molar-refractivity contribution < 1.29 is 4.74 Å². The molecule has 106 valence electrons. The molecule has 0 saturated carbocycles. The van der Waals surface area contributed by atoms with Gasteiger partial charge in [0, 0.05) is 24.7 Å². The highest BCUT2D eigenvalue weighted by molar-refractivity contribution is 5.93. The summed E-state index contributed by atoms with van der Waals surface area (Å²) in [5.41, 5.74) is 0. The molecule has 1 N–H and O–H groups in total. The topological polar surface area (TPSA) is 37.4 Å². The van der Waals surface area contributed by atoms with Gasteiger partial charge in [-0.3, -0.25) is 0 Å². The fraction of sp³-hybridized carbons (Fsp3) is 0.438. The molecule has 1 unspecified atom stereocenters. The maximum Gasteiger partial charge on any atom is 0.136 e. The number of nitrogens with one attached hydrogen (secondary N) is 1. The number of pyridine rings is 1. The molecule has 1 atom stereocenters. The van der Waals surface area contributed by atoms with E-state index in [0.717, 1.165) is 37.1 Å². The van der Waals surface area contributed by atoms with Crippen LogP contribution in [0.15, 0.2) is 30.5 Å². The number of rotatable bonds is 4. The van der Waals surface area contributed by atoms with Crippen LogP contribution in [0.2, 0.25) is 0 Å². The van der Waals surface area contributed by atoms with Crippen molar-refractivity contribution in [3.8, 4) is 5.75 Å². The summed E-state index contributed by atoms with van der Waals surface area (Å²) < 4.78 is 5.29. The van der Waals surface area contributed by atoms with Gasteiger partial charge in [-0.2, -0.15) is 0 Å². The molecule has 3 rings (SSSR count). The van der Waals surface area contributed by atoms with Crippen LogP contribution in [0.1, 0.15) is 6.42 Å². The summed E-state index contributed by atoms with van der Waals surface area (Å²) >= 11 is 0. The zero-order chi connectivity index (χ0) is 13.9. The van der Waals surface area contributed by atoms with Crippen LogP contribution in [-0.2, 0) is 0 Å². The Morgan fingerprint density at radius 1 is 1.40 bits per heavy atom. The minimum atomic E-state index is 0.718. The van der Waals surface area contributed by atoms with E-state index in [1.54, 1.807) is 7.11 Å². The molecule has 2 aromatic rings. The monoisotopic (exact) mass is 271 g/mol. The lowest BCUT2D eigenvalue weighted by molar-refractivity contribution is 0.415. The van der Waals surface area contributed by atoms with E-state index in [-0.39, 0.29) is 0 Å². The highest BCUT2D eigenvalue weighted by Gasteiger charge is 2.23. The average Bonchev–Trinajstić information content (AvgIpc) is 2.95. The van der Waals surface area contributed by atoms with E-state index in [2.05, 4.69) is 27.3 Å². The van der Waals surface area contributed by atoms with Gasteiger partial charge in [0.15, 0.2) is 0 Å². The van der Waals surface area contributed by atoms with Gasteiger partial charge in [-0.15, -0.1) is 0 Å². The zero-order valence-electron chi connectivity index (χ0n) is 12.1. The molecular formula is C16H21N3O. The first-order valence-electron chi connectivity index (χ1n) is 7.14. The van der Waals surface area contributed by atoms with E-state index < -0.39 is 0 Å². The number of hydrogen-bond acceptors (Lipinski definition) is 4. The van der Waals surface area contributed by atoms with Crippen molar-refractivity contribution >= 4 is 16.6 Å². The Balaban J connectivity index is 1.92. The van der Waals surface area contributed by atoms with Gasteiger partial charge < -0.3 is 15.0 Å². The molecule has 2 heterocycles. The van der Waals surface area contributed by atoms with Crippen molar-refractivity contribution in [3.05, 3.63) is 30.5 Å². The summed E-state index contributed by atoms with van der Waals surface area (Å²) in [6.45, 7) is 3.25. The summed E-state index contributed by atoms with van der Waals surface area (Å²) in [6.07, 6.45) is 3.12. The number of ether oxygens (including phenoxy) is 1. The molecule has 0 radical (unpaired) electrons. The van der Waals surface area contributed by atoms with Crippen LogP contribution in [0.5, 0.6) is 5.75 Å². The van der Waals surface area contributed by atoms with Crippen LogP contribution in [0.25, 0.3) is 10.8 Å². The number of aromatic nitrogens is 1. The van der Waals surface area contributed by atoms with E-state index in [1.807, 2.05) is 25.4 Å². The molecule has 0 spiro atoms.